The Morgan fingerprint density at radius 2 is 0.734 bits per heavy atom. The Morgan fingerprint density at radius 1 is 0.297 bits per heavy atom. The number of fused-ring (bicyclic) bond motifs is 19. The first-order chi connectivity index (χ1) is 31.8. The predicted octanol–water partition coefficient (Wildman–Crippen LogP) is 15.8. The second kappa shape index (κ2) is 13.2. The van der Waals surface area contributed by atoms with Crippen LogP contribution in [-0.4, -0.2) is 0 Å². The summed E-state index contributed by atoms with van der Waals surface area (Å²) in [5.74, 6) is 0. The van der Waals surface area contributed by atoms with Gasteiger partial charge in [-0.05, 0) is 114 Å². The highest BCUT2D eigenvalue weighted by molar-refractivity contribution is 6.10. The number of rotatable bonds is 4. The maximum absolute atomic E-state index is 6.86. The average molecular weight is 814 g/mol. The molecule has 0 atom stereocenters. The van der Waals surface area contributed by atoms with Gasteiger partial charge >= 0.3 is 0 Å². The first kappa shape index (κ1) is 35.4. The minimum absolute atomic E-state index is 0.559. The lowest BCUT2D eigenvalue weighted by Gasteiger charge is -2.49. The van der Waals surface area contributed by atoms with E-state index < -0.39 is 10.8 Å². The molecule has 1 heterocycles. The summed E-state index contributed by atoms with van der Waals surface area (Å²) in [6, 6.07) is 87.8. The van der Waals surface area contributed by atoms with Gasteiger partial charge in [0.05, 0.1) is 16.5 Å². The van der Waals surface area contributed by atoms with Crippen LogP contribution in [0.15, 0.2) is 241 Å². The van der Waals surface area contributed by atoms with E-state index in [4.69, 9.17) is 4.42 Å². The minimum Gasteiger partial charge on any atom is -0.454 e. The van der Waals surface area contributed by atoms with Crippen LogP contribution in [-0.2, 0) is 10.8 Å². The molecule has 14 rings (SSSR count). The highest BCUT2D eigenvalue weighted by Crippen LogP contribution is 2.67. The Balaban J connectivity index is 1.12. The van der Waals surface area contributed by atoms with Crippen molar-refractivity contribution in [3.05, 3.63) is 281 Å². The fourth-order valence-corrected chi connectivity index (χ4v) is 12.1. The quantitative estimate of drug-likeness (QED) is 0.176. The summed E-state index contributed by atoms with van der Waals surface area (Å²) in [5, 5.41) is 2.21. The van der Waals surface area contributed by atoms with Crippen LogP contribution in [0.2, 0.25) is 0 Å². The van der Waals surface area contributed by atoms with E-state index in [2.05, 4.69) is 241 Å². The molecule has 0 N–H and O–H groups in total. The molecule has 0 saturated carbocycles. The zero-order valence-electron chi connectivity index (χ0n) is 34.9. The smallest absolute Gasteiger partial charge is 0.159 e. The van der Waals surface area contributed by atoms with Crippen LogP contribution in [0.25, 0.3) is 55.3 Å². The summed E-state index contributed by atoms with van der Waals surface area (Å²) in [4.78, 5) is 2.42. The molecule has 0 amide bonds. The van der Waals surface area contributed by atoms with E-state index in [-0.39, 0.29) is 0 Å². The summed E-state index contributed by atoms with van der Waals surface area (Å²) in [7, 11) is 0. The van der Waals surface area contributed by atoms with Crippen molar-refractivity contribution in [2.45, 2.75) is 10.8 Å². The van der Waals surface area contributed by atoms with Gasteiger partial charge in [-0.15, -0.1) is 0 Å². The predicted molar refractivity (Wildman–Crippen MR) is 262 cm³/mol. The molecule has 0 radical (unpaired) electrons. The average Bonchev–Trinajstić information content (AvgIpc) is 4.00. The van der Waals surface area contributed by atoms with Gasteiger partial charge in [-0.1, -0.05) is 200 Å². The summed E-state index contributed by atoms with van der Waals surface area (Å²) in [5.41, 5.74) is 21.7. The summed E-state index contributed by atoms with van der Waals surface area (Å²) in [6.45, 7) is 0. The van der Waals surface area contributed by atoms with Crippen molar-refractivity contribution in [2.75, 3.05) is 4.90 Å². The SMILES string of the molecule is c1ccc(-c2ccc(N(c3ccc4c(c3)C3(c5ccccc5-c5ccccc53)c3ccccc3C43c4ccccc4-c4ccccc43)c3cccc4c3oc3ccccc34)cc2)cc1. The van der Waals surface area contributed by atoms with Crippen molar-refractivity contribution in [1.82, 2.24) is 0 Å². The Morgan fingerprint density at radius 3 is 1.33 bits per heavy atom. The van der Waals surface area contributed by atoms with E-state index in [9.17, 15) is 0 Å². The van der Waals surface area contributed by atoms with Gasteiger partial charge in [-0.25, -0.2) is 0 Å². The number of benzene rings is 10. The summed E-state index contributed by atoms with van der Waals surface area (Å²) < 4.78 is 6.86. The number of nitrogens with zero attached hydrogens (tertiary/aromatic N) is 1. The third kappa shape index (κ3) is 4.49. The molecule has 0 bridgehead atoms. The van der Waals surface area contributed by atoms with Crippen molar-refractivity contribution in [1.29, 1.82) is 0 Å². The van der Waals surface area contributed by atoms with Gasteiger partial charge in [0.2, 0.25) is 0 Å². The minimum atomic E-state index is -0.610. The van der Waals surface area contributed by atoms with Crippen LogP contribution in [0.4, 0.5) is 17.1 Å². The molecular weight excluding hydrogens is 775 g/mol. The van der Waals surface area contributed by atoms with Crippen molar-refractivity contribution < 1.29 is 4.42 Å². The van der Waals surface area contributed by atoms with Gasteiger partial charge < -0.3 is 9.32 Å². The molecule has 3 aliphatic rings. The van der Waals surface area contributed by atoms with E-state index >= 15 is 0 Å². The lowest BCUT2D eigenvalue weighted by atomic mass is 9.52. The van der Waals surface area contributed by atoms with Crippen molar-refractivity contribution in [2.24, 2.45) is 0 Å². The Hall–Kier alpha value is -8.20. The van der Waals surface area contributed by atoms with Crippen LogP contribution in [0.3, 0.4) is 0 Å². The van der Waals surface area contributed by atoms with Gasteiger partial charge in [-0.3, -0.25) is 0 Å². The van der Waals surface area contributed by atoms with Gasteiger partial charge in [-0.2, -0.15) is 0 Å². The van der Waals surface area contributed by atoms with E-state index in [0.717, 1.165) is 39.0 Å². The monoisotopic (exact) mass is 813 g/mol. The second-order valence-corrected chi connectivity index (χ2v) is 17.5. The fraction of sp³-hybridized carbons (Fsp3) is 0.0323. The molecule has 64 heavy (non-hydrogen) atoms. The highest BCUT2D eigenvalue weighted by Gasteiger charge is 2.59. The normalized spacial score (nSPS) is 14.2. The number of hydrogen-bond acceptors (Lipinski definition) is 2. The van der Waals surface area contributed by atoms with E-state index in [1.165, 1.54) is 77.9 Å². The maximum Gasteiger partial charge on any atom is 0.159 e. The van der Waals surface area contributed by atoms with Gasteiger partial charge in [0.15, 0.2) is 5.58 Å². The lowest BCUT2D eigenvalue weighted by Crippen LogP contribution is -2.43. The van der Waals surface area contributed by atoms with Crippen LogP contribution in [0, 0.1) is 0 Å². The third-order valence-corrected chi connectivity index (χ3v) is 14.6. The molecule has 1 aromatic heterocycles. The zero-order valence-corrected chi connectivity index (χ0v) is 34.9. The van der Waals surface area contributed by atoms with Gasteiger partial charge in [0.25, 0.3) is 0 Å². The third-order valence-electron chi connectivity index (χ3n) is 14.6. The van der Waals surface area contributed by atoms with Gasteiger partial charge in [0, 0.05) is 22.1 Å². The fourth-order valence-electron chi connectivity index (χ4n) is 12.1. The largest absolute Gasteiger partial charge is 0.454 e. The van der Waals surface area contributed by atoms with Crippen molar-refractivity contribution >= 4 is 39.0 Å². The Kier molecular flexibility index (Phi) is 7.28. The molecule has 11 aromatic rings. The van der Waals surface area contributed by atoms with E-state index in [0.29, 0.717) is 0 Å². The zero-order chi connectivity index (χ0) is 42.0. The lowest BCUT2D eigenvalue weighted by molar-refractivity contribution is 0.633. The first-order valence-electron chi connectivity index (χ1n) is 22.3. The van der Waals surface area contributed by atoms with E-state index in [1.807, 2.05) is 0 Å². The Bertz CT molecular complexity index is 3600. The molecule has 3 aliphatic carbocycles. The summed E-state index contributed by atoms with van der Waals surface area (Å²) >= 11 is 0. The molecule has 2 heteroatoms. The number of hydrogen-bond donors (Lipinski definition) is 0. The number of anilines is 3. The molecule has 298 valence electrons. The number of para-hydroxylation sites is 2. The van der Waals surface area contributed by atoms with Crippen molar-refractivity contribution in [3.8, 4) is 33.4 Å². The molecule has 0 saturated heterocycles. The molecule has 10 aromatic carbocycles. The van der Waals surface area contributed by atoms with Crippen molar-refractivity contribution in [3.63, 3.8) is 0 Å². The van der Waals surface area contributed by atoms with Crippen LogP contribution >= 0.6 is 0 Å². The second-order valence-electron chi connectivity index (χ2n) is 17.5. The first-order valence-corrected chi connectivity index (χ1v) is 22.3. The molecular formula is C62H39NO. The maximum atomic E-state index is 6.86. The van der Waals surface area contributed by atoms with Gasteiger partial charge in [0.1, 0.15) is 5.58 Å². The number of furan rings is 1. The topological polar surface area (TPSA) is 16.4 Å². The molecule has 0 unspecified atom stereocenters. The Labute approximate surface area is 372 Å². The van der Waals surface area contributed by atoms with E-state index in [1.54, 1.807) is 0 Å². The summed E-state index contributed by atoms with van der Waals surface area (Å²) in [6.07, 6.45) is 0. The molecule has 2 spiro atoms. The molecule has 2 nitrogen and oxygen atoms in total. The van der Waals surface area contributed by atoms with Crippen LogP contribution < -0.4 is 4.90 Å². The van der Waals surface area contributed by atoms with Crippen LogP contribution in [0.5, 0.6) is 0 Å². The van der Waals surface area contributed by atoms with Crippen LogP contribution in [0.1, 0.15) is 44.5 Å². The molecule has 0 aliphatic heterocycles. The highest BCUT2D eigenvalue weighted by atomic mass is 16.3. The molecule has 0 fully saturated rings. The standard InChI is InChI=1S/C62H39NO/c1-2-17-40(18-3-1)41-33-35-42(36-34-41)63(58-31-16-24-49-48-23-8-15-32-59(48)64-60(49)58)43-37-38-56-57(39-43)62(52-27-11-6-21-46(52)47-22-7-12-28-53(47)62)55-30-14-13-29-54(55)61(56)50-25-9-4-19-44(50)45-20-5-10-26-51(45)61/h1-39H.